The van der Waals surface area contributed by atoms with E-state index >= 15 is 0 Å². The Hall–Kier alpha value is -3.36. The van der Waals surface area contributed by atoms with Gasteiger partial charge in [-0.3, -0.25) is 5.32 Å². The van der Waals surface area contributed by atoms with Gasteiger partial charge in [0.25, 0.3) is 0 Å². The maximum absolute atomic E-state index is 14.0. The topological polar surface area (TPSA) is 89.0 Å². The Bertz CT molecular complexity index is 1050. The van der Waals surface area contributed by atoms with E-state index in [-0.39, 0.29) is 17.3 Å². The van der Waals surface area contributed by atoms with Crippen molar-refractivity contribution in [2.45, 2.75) is 33.2 Å². The molecule has 0 spiro atoms. The van der Waals surface area contributed by atoms with Crippen LogP contribution in [0.15, 0.2) is 30.5 Å². The first kappa shape index (κ1) is 19.4. The average molecular weight is 387 g/mol. The van der Waals surface area contributed by atoms with Gasteiger partial charge in [-0.05, 0) is 45.9 Å². The van der Waals surface area contributed by atoms with Gasteiger partial charge in [-0.1, -0.05) is 0 Å². The predicted octanol–water partition coefficient (Wildman–Crippen LogP) is 4.32. The van der Waals surface area contributed by atoms with Crippen LogP contribution in [0.2, 0.25) is 0 Å². The first-order chi connectivity index (χ1) is 13.1. The molecule has 0 saturated carbocycles. The fraction of sp³-hybridized carbons (Fsp3) is 0.263. The maximum atomic E-state index is 14.0. The number of carbonyl (C=O) groups excluding carboxylic acids is 1. The number of pyridine rings is 1. The standard InChI is InChI=1S/C19H19F2N5O2/c1-10-22-9-11-7-15(28-14-6-5-12(20)8-13(14)21)17(24-16(11)23-10)25-18(27)26-19(2,3)4/h5-9H,1-4H3,(H2,22,23,24,25,26,27). The third-order valence-electron chi connectivity index (χ3n) is 3.49. The molecule has 7 nitrogen and oxygen atoms in total. The van der Waals surface area contributed by atoms with Crippen molar-refractivity contribution in [2.75, 3.05) is 5.32 Å². The van der Waals surface area contributed by atoms with E-state index in [0.29, 0.717) is 22.9 Å². The summed E-state index contributed by atoms with van der Waals surface area (Å²) in [5.74, 6) is -1.22. The summed E-state index contributed by atoms with van der Waals surface area (Å²) in [6.07, 6.45) is 1.54. The van der Waals surface area contributed by atoms with Crippen LogP contribution < -0.4 is 15.4 Å². The minimum absolute atomic E-state index is 0.0380. The molecule has 0 radical (unpaired) electrons. The summed E-state index contributed by atoms with van der Waals surface area (Å²) in [5.41, 5.74) is -0.144. The Morgan fingerprint density at radius 1 is 1.11 bits per heavy atom. The molecule has 0 atom stereocenters. The molecule has 0 aliphatic rings. The number of nitrogens with zero attached hydrogens (tertiary/aromatic N) is 3. The summed E-state index contributed by atoms with van der Waals surface area (Å²) in [6, 6.07) is 3.93. The minimum Gasteiger partial charge on any atom is -0.450 e. The molecule has 146 valence electrons. The molecule has 28 heavy (non-hydrogen) atoms. The number of nitrogens with one attached hydrogen (secondary N) is 2. The third-order valence-corrected chi connectivity index (χ3v) is 3.49. The van der Waals surface area contributed by atoms with Gasteiger partial charge >= 0.3 is 6.03 Å². The Balaban J connectivity index is 2.02. The van der Waals surface area contributed by atoms with E-state index in [1.165, 1.54) is 12.3 Å². The highest BCUT2D eigenvalue weighted by atomic mass is 19.1. The van der Waals surface area contributed by atoms with Crippen molar-refractivity contribution in [1.29, 1.82) is 0 Å². The van der Waals surface area contributed by atoms with Gasteiger partial charge in [0.2, 0.25) is 0 Å². The number of hydrogen-bond donors (Lipinski definition) is 2. The van der Waals surface area contributed by atoms with Crippen molar-refractivity contribution in [3.8, 4) is 11.5 Å². The number of urea groups is 1. The second-order valence-corrected chi connectivity index (χ2v) is 7.17. The van der Waals surface area contributed by atoms with E-state index in [2.05, 4.69) is 25.6 Å². The molecular weight excluding hydrogens is 368 g/mol. The van der Waals surface area contributed by atoms with Crippen molar-refractivity contribution in [2.24, 2.45) is 0 Å². The van der Waals surface area contributed by atoms with Gasteiger partial charge in [-0.15, -0.1) is 0 Å². The molecule has 2 amide bonds. The smallest absolute Gasteiger partial charge is 0.320 e. The second-order valence-electron chi connectivity index (χ2n) is 7.17. The lowest BCUT2D eigenvalue weighted by molar-refractivity contribution is 0.243. The quantitative estimate of drug-likeness (QED) is 0.699. The van der Waals surface area contributed by atoms with Gasteiger partial charge in [-0.25, -0.2) is 28.5 Å². The lowest BCUT2D eigenvalue weighted by atomic mass is 10.1. The monoisotopic (exact) mass is 387 g/mol. The van der Waals surface area contributed by atoms with Crippen LogP contribution >= 0.6 is 0 Å². The van der Waals surface area contributed by atoms with E-state index in [4.69, 9.17) is 4.74 Å². The van der Waals surface area contributed by atoms with Crippen LogP contribution in [-0.4, -0.2) is 26.5 Å². The highest BCUT2D eigenvalue weighted by Crippen LogP contribution is 2.32. The van der Waals surface area contributed by atoms with Crippen LogP contribution in [0.5, 0.6) is 11.5 Å². The van der Waals surface area contributed by atoms with Crippen LogP contribution in [0, 0.1) is 18.6 Å². The number of ether oxygens (including phenoxy) is 1. The number of aryl methyl sites for hydroxylation is 1. The molecule has 2 N–H and O–H groups in total. The Labute approximate surface area is 160 Å². The van der Waals surface area contributed by atoms with Crippen LogP contribution in [0.25, 0.3) is 11.0 Å². The molecule has 0 aliphatic heterocycles. The number of anilines is 1. The molecule has 0 aliphatic carbocycles. The van der Waals surface area contributed by atoms with Gasteiger partial charge in [0.15, 0.2) is 28.8 Å². The molecular formula is C19H19F2N5O2. The predicted molar refractivity (Wildman–Crippen MR) is 100 cm³/mol. The lowest BCUT2D eigenvalue weighted by Gasteiger charge is -2.21. The van der Waals surface area contributed by atoms with Crippen molar-refractivity contribution >= 4 is 22.9 Å². The van der Waals surface area contributed by atoms with E-state index in [1.807, 2.05) is 20.8 Å². The van der Waals surface area contributed by atoms with Crippen LogP contribution in [0.1, 0.15) is 26.6 Å². The number of hydrogen-bond acceptors (Lipinski definition) is 5. The molecule has 0 fully saturated rings. The molecule has 3 aromatic rings. The molecule has 1 aromatic carbocycles. The number of carbonyl (C=O) groups is 1. The van der Waals surface area contributed by atoms with Gasteiger partial charge in [0.05, 0.1) is 0 Å². The second kappa shape index (κ2) is 7.34. The Kier molecular flexibility index (Phi) is 5.08. The van der Waals surface area contributed by atoms with E-state index in [0.717, 1.165) is 12.1 Å². The zero-order valence-corrected chi connectivity index (χ0v) is 15.8. The lowest BCUT2D eigenvalue weighted by Crippen LogP contribution is -2.43. The highest BCUT2D eigenvalue weighted by Gasteiger charge is 2.18. The van der Waals surface area contributed by atoms with E-state index in [1.54, 1.807) is 6.92 Å². The summed E-state index contributed by atoms with van der Waals surface area (Å²) >= 11 is 0. The molecule has 3 rings (SSSR count). The normalized spacial score (nSPS) is 11.4. The number of rotatable bonds is 3. The van der Waals surface area contributed by atoms with Gasteiger partial charge in [-0.2, -0.15) is 0 Å². The summed E-state index contributed by atoms with van der Waals surface area (Å²) in [6.45, 7) is 7.17. The van der Waals surface area contributed by atoms with Crippen molar-refractivity contribution < 1.29 is 18.3 Å². The average Bonchev–Trinajstić information content (AvgIpc) is 2.56. The van der Waals surface area contributed by atoms with Crippen LogP contribution in [0.4, 0.5) is 19.4 Å². The molecule has 0 unspecified atom stereocenters. The fourth-order valence-electron chi connectivity index (χ4n) is 2.35. The van der Waals surface area contributed by atoms with E-state index < -0.39 is 23.2 Å². The third kappa shape index (κ3) is 4.67. The zero-order chi connectivity index (χ0) is 20.5. The minimum atomic E-state index is -0.884. The first-order valence-corrected chi connectivity index (χ1v) is 8.47. The molecule has 2 aromatic heterocycles. The largest absolute Gasteiger partial charge is 0.450 e. The summed E-state index contributed by atoms with van der Waals surface area (Å²) in [7, 11) is 0. The Morgan fingerprint density at radius 2 is 1.86 bits per heavy atom. The number of fused-ring (bicyclic) bond motifs is 1. The van der Waals surface area contributed by atoms with Gasteiger partial charge in [0.1, 0.15) is 11.6 Å². The SMILES string of the molecule is Cc1ncc2cc(Oc3ccc(F)cc3F)c(NC(=O)NC(C)(C)C)nc2n1. The van der Waals surface area contributed by atoms with Crippen LogP contribution in [-0.2, 0) is 0 Å². The number of aromatic nitrogens is 3. The van der Waals surface area contributed by atoms with Crippen molar-refractivity contribution in [1.82, 2.24) is 20.3 Å². The zero-order valence-electron chi connectivity index (χ0n) is 15.8. The van der Waals surface area contributed by atoms with Crippen molar-refractivity contribution in [3.05, 3.63) is 47.9 Å². The highest BCUT2D eigenvalue weighted by molar-refractivity contribution is 5.92. The number of benzene rings is 1. The molecule has 0 bridgehead atoms. The van der Waals surface area contributed by atoms with E-state index in [9.17, 15) is 13.6 Å². The first-order valence-electron chi connectivity index (χ1n) is 8.47. The summed E-state index contributed by atoms with van der Waals surface area (Å²) in [5, 5.41) is 5.85. The molecule has 0 saturated heterocycles. The molecule has 2 heterocycles. The summed E-state index contributed by atoms with van der Waals surface area (Å²) in [4.78, 5) is 24.9. The number of amides is 2. The van der Waals surface area contributed by atoms with Gasteiger partial charge < -0.3 is 10.1 Å². The van der Waals surface area contributed by atoms with Crippen LogP contribution in [0.3, 0.4) is 0 Å². The molecule has 9 heteroatoms. The van der Waals surface area contributed by atoms with Gasteiger partial charge in [0, 0.05) is 23.2 Å². The number of halogens is 2. The maximum Gasteiger partial charge on any atom is 0.320 e. The Morgan fingerprint density at radius 3 is 2.54 bits per heavy atom. The fourth-order valence-corrected chi connectivity index (χ4v) is 2.35. The van der Waals surface area contributed by atoms with Crippen molar-refractivity contribution in [3.63, 3.8) is 0 Å². The summed E-state index contributed by atoms with van der Waals surface area (Å²) < 4.78 is 32.7.